The van der Waals surface area contributed by atoms with E-state index in [0.29, 0.717) is 19.6 Å². The molecule has 0 saturated carbocycles. The molecular weight excluding hydrogens is 414 g/mol. The molecule has 1 amide bonds. The minimum absolute atomic E-state index is 0.00551. The number of rotatable bonds is 10. The van der Waals surface area contributed by atoms with Crippen LogP contribution in [0.15, 0.2) is 47.4 Å². The number of sulfonamides is 1. The highest BCUT2D eigenvalue weighted by Gasteiger charge is 2.27. The van der Waals surface area contributed by atoms with Gasteiger partial charge in [-0.15, -0.1) is 0 Å². The Hall–Kier alpha value is -2.42. The topological polar surface area (TPSA) is 79.0 Å². The van der Waals surface area contributed by atoms with Crippen molar-refractivity contribution in [1.29, 1.82) is 0 Å². The van der Waals surface area contributed by atoms with Crippen LogP contribution in [-0.2, 0) is 10.0 Å². The summed E-state index contributed by atoms with van der Waals surface area (Å²) in [4.78, 5) is 14.9. The van der Waals surface area contributed by atoms with Crippen LogP contribution < -0.4 is 10.1 Å². The summed E-state index contributed by atoms with van der Waals surface area (Å²) in [5.41, 5.74) is 2.54. The lowest BCUT2D eigenvalue weighted by Crippen LogP contribution is -2.35. The molecule has 1 unspecified atom stereocenters. The van der Waals surface area contributed by atoms with Gasteiger partial charge in [0.25, 0.3) is 5.91 Å². The number of hydrogen-bond donors (Lipinski definition) is 1. The number of benzene rings is 2. The maximum Gasteiger partial charge on any atom is 0.251 e. The number of amides is 1. The summed E-state index contributed by atoms with van der Waals surface area (Å²) in [6, 6.07) is 12.7. The van der Waals surface area contributed by atoms with Gasteiger partial charge in [0.1, 0.15) is 10.6 Å². The zero-order valence-corrected chi connectivity index (χ0v) is 20.0. The molecule has 0 aromatic heterocycles. The number of likely N-dealkylation sites (N-methyl/N-ethyl adjacent to an activating group) is 1. The van der Waals surface area contributed by atoms with Gasteiger partial charge in [0.2, 0.25) is 10.0 Å². The van der Waals surface area contributed by atoms with E-state index >= 15 is 0 Å². The van der Waals surface area contributed by atoms with Gasteiger partial charge in [0.15, 0.2) is 0 Å². The summed E-state index contributed by atoms with van der Waals surface area (Å²) >= 11 is 0. The first-order chi connectivity index (χ1) is 14.6. The summed E-state index contributed by atoms with van der Waals surface area (Å²) in [6.45, 7) is 6.63. The van der Waals surface area contributed by atoms with Crippen molar-refractivity contribution >= 4 is 15.9 Å². The van der Waals surface area contributed by atoms with E-state index in [4.69, 9.17) is 4.74 Å². The van der Waals surface area contributed by atoms with E-state index in [-0.39, 0.29) is 28.2 Å². The van der Waals surface area contributed by atoms with Crippen molar-refractivity contribution in [3.8, 4) is 5.75 Å². The Morgan fingerprint density at radius 1 is 1.06 bits per heavy atom. The van der Waals surface area contributed by atoms with Crippen LogP contribution in [0, 0.1) is 6.92 Å². The van der Waals surface area contributed by atoms with Crippen LogP contribution in [0.2, 0.25) is 0 Å². The van der Waals surface area contributed by atoms with Gasteiger partial charge in [-0.05, 0) is 44.8 Å². The average molecular weight is 448 g/mol. The Bertz CT molecular complexity index is 984. The largest absolute Gasteiger partial charge is 0.495 e. The fourth-order valence-electron chi connectivity index (χ4n) is 3.40. The van der Waals surface area contributed by atoms with Gasteiger partial charge in [-0.2, -0.15) is 4.31 Å². The first-order valence-corrected chi connectivity index (χ1v) is 11.8. The number of nitrogens with one attached hydrogen (secondary N) is 1. The molecule has 0 aliphatic rings. The van der Waals surface area contributed by atoms with Crippen LogP contribution in [0.5, 0.6) is 5.75 Å². The van der Waals surface area contributed by atoms with E-state index in [0.717, 1.165) is 5.56 Å². The molecule has 1 atom stereocenters. The molecule has 0 heterocycles. The molecule has 0 spiro atoms. The van der Waals surface area contributed by atoms with E-state index in [9.17, 15) is 13.2 Å². The first kappa shape index (κ1) is 24.8. The van der Waals surface area contributed by atoms with E-state index in [1.807, 2.05) is 50.2 Å². The van der Waals surface area contributed by atoms with Crippen molar-refractivity contribution in [3.05, 3.63) is 59.2 Å². The number of nitrogens with zero attached hydrogens (tertiary/aromatic N) is 2. The molecule has 2 rings (SSSR count). The molecule has 2 aromatic rings. The van der Waals surface area contributed by atoms with Gasteiger partial charge >= 0.3 is 0 Å². The molecular formula is C23H33N3O4S. The van der Waals surface area contributed by atoms with Crippen LogP contribution in [0.25, 0.3) is 0 Å². The summed E-state index contributed by atoms with van der Waals surface area (Å²) in [5, 5.41) is 2.94. The van der Waals surface area contributed by atoms with E-state index in [2.05, 4.69) is 5.32 Å². The van der Waals surface area contributed by atoms with Gasteiger partial charge < -0.3 is 15.0 Å². The van der Waals surface area contributed by atoms with Crippen LogP contribution in [0.4, 0.5) is 0 Å². The second kappa shape index (κ2) is 10.7. The van der Waals surface area contributed by atoms with Crippen molar-refractivity contribution in [2.24, 2.45) is 0 Å². The van der Waals surface area contributed by atoms with Crippen LogP contribution in [-0.4, -0.2) is 64.4 Å². The summed E-state index contributed by atoms with van der Waals surface area (Å²) < 4.78 is 32.6. The highest BCUT2D eigenvalue weighted by molar-refractivity contribution is 7.89. The normalized spacial score (nSPS) is 12.8. The molecule has 0 fully saturated rings. The predicted octanol–water partition coefficient (Wildman–Crippen LogP) is 3.07. The lowest BCUT2D eigenvalue weighted by atomic mass is 10.0. The lowest BCUT2D eigenvalue weighted by Gasteiger charge is -2.25. The van der Waals surface area contributed by atoms with Crippen molar-refractivity contribution in [3.63, 3.8) is 0 Å². The maximum atomic E-state index is 13.0. The SMILES string of the molecule is CCN(CC)S(=O)(=O)c1cc(C(=O)NCC(c2ccc(C)cc2)N(C)C)ccc1OC. The highest BCUT2D eigenvalue weighted by atomic mass is 32.2. The fourth-order valence-corrected chi connectivity index (χ4v) is 5.04. The van der Waals surface area contributed by atoms with E-state index < -0.39 is 10.0 Å². The molecule has 0 saturated heterocycles. The molecule has 1 N–H and O–H groups in total. The summed E-state index contributed by atoms with van der Waals surface area (Å²) in [7, 11) is 1.56. The average Bonchev–Trinajstić information content (AvgIpc) is 2.74. The zero-order valence-electron chi connectivity index (χ0n) is 19.2. The van der Waals surface area contributed by atoms with Gasteiger partial charge in [0.05, 0.1) is 13.2 Å². The van der Waals surface area contributed by atoms with E-state index in [1.54, 1.807) is 19.9 Å². The van der Waals surface area contributed by atoms with Gasteiger partial charge in [-0.25, -0.2) is 8.42 Å². The second-order valence-corrected chi connectivity index (χ2v) is 9.46. The third kappa shape index (κ3) is 5.84. The minimum atomic E-state index is -3.77. The van der Waals surface area contributed by atoms with E-state index in [1.165, 1.54) is 29.1 Å². The molecule has 0 aliphatic heterocycles. The summed E-state index contributed by atoms with van der Waals surface area (Å²) in [6.07, 6.45) is 0. The molecule has 0 aliphatic carbocycles. The number of aryl methyl sites for hydroxylation is 1. The predicted molar refractivity (Wildman–Crippen MR) is 123 cm³/mol. The molecule has 2 aromatic carbocycles. The summed E-state index contributed by atoms with van der Waals surface area (Å²) in [5.74, 6) is -0.119. The number of ether oxygens (including phenoxy) is 1. The zero-order chi connectivity index (χ0) is 23.2. The Kier molecular flexibility index (Phi) is 8.61. The van der Waals surface area contributed by atoms with Crippen molar-refractivity contribution in [2.45, 2.75) is 31.7 Å². The van der Waals surface area contributed by atoms with Gasteiger partial charge in [-0.3, -0.25) is 4.79 Å². The fraction of sp³-hybridized carbons (Fsp3) is 0.435. The van der Waals surface area contributed by atoms with Crippen LogP contribution >= 0.6 is 0 Å². The van der Waals surface area contributed by atoms with Crippen molar-refractivity contribution < 1.29 is 17.9 Å². The van der Waals surface area contributed by atoms with Crippen LogP contribution in [0.1, 0.15) is 41.4 Å². The standard InChI is InChI=1S/C23H33N3O4S/c1-7-26(8-2)31(28,29)22-15-19(13-14-21(22)30-6)23(27)24-16-20(25(4)5)18-11-9-17(3)10-12-18/h9-15,20H,7-8,16H2,1-6H3,(H,24,27). The quantitative estimate of drug-likeness (QED) is 0.606. The first-order valence-electron chi connectivity index (χ1n) is 10.3. The number of carbonyl (C=O) groups is 1. The Labute approximate surface area is 186 Å². The number of methoxy groups -OCH3 is 1. The smallest absolute Gasteiger partial charge is 0.251 e. The monoisotopic (exact) mass is 447 g/mol. The van der Waals surface area contributed by atoms with Gasteiger partial charge in [0, 0.05) is 25.2 Å². The number of carbonyl (C=O) groups excluding carboxylic acids is 1. The highest BCUT2D eigenvalue weighted by Crippen LogP contribution is 2.28. The third-order valence-corrected chi connectivity index (χ3v) is 7.36. The Morgan fingerprint density at radius 3 is 2.19 bits per heavy atom. The van der Waals surface area contributed by atoms with Gasteiger partial charge in [-0.1, -0.05) is 43.7 Å². The minimum Gasteiger partial charge on any atom is -0.495 e. The third-order valence-electron chi connectivity index (χ3n) is 5.29. The molecule has 8 heteroatoms. The molecule has 7 nitrogen and oxygen atoms in total. The lowest BCUT2D eigenvalue weighted by molar-refractivity contribution is 0.0941. The maximum absolute atomic E-state index is 13.0. The second-order valence-electron chi connectivity index (χ2n) is 7.56. The Morgan fingerprint density at radius 2 is 1.68 bits per heavy atom. The Balaban J connectivity index is 2.28. The molecule has 0 radical (unpaired) electrons. The van der Waals surface area contributed by atoms with Crippen molar-refractivity contribution in [1.82, 2.24) is 14.5 Å². The molecule has 170 valence electrons. The number of hydrogen-bond acceptors (Lipinski definition) is 5. The molecule has 31 heavy (non-hydrogen) atoms. The van der Waals surface area contributed by atoms with Crippen molar-refractivity contribution in [2.75, 3.05) is 40.8 Å². The van der Waals surface area contributed by atoms with Crippen LogP contribution in [0.3, 0.4) is 0 Å². The molecule has 0 bridgehead atoms.